The molecule has 0 aromatic heterocycles. The van der Waals surface area contributed by atoms with Crippen LogP contribution < -0.4 is 0 Å². The maximum absolute atomic E-state index is 11.8. The molecular formula is C25H22Br2O2. The monoisotopic (exact) mass is 512 g/mol. The minimum atomic E-state index is -1.14. The van der Waals surface area contributed by atoms with E-state index in [0.29, 0.717) is 0 Å². The maximum Gasteiger partial charge on any atom is 0.113 e. The zero-order valence-corrected chi connectivity index (χ0v) is 19.9. The second kappa shape index (κ2) is 5.82. The van der Waals surface area contributed by atoms with Gasteiger partial charge >= 0.3 is 0 Å². The molecule has 0 amide bonds. The minimum absolute atomic E-state index is 0.282. The lowest BCUT2D eigenvalue weighted by Crippen LogP contribution is -2.41. The van der Waals surface area contributed by atoms with E-state index in [0.717, 1.165) is 48.0 Å². The van der Waals surface area contributed by atoms with Gasteiger partial charge in [-0.3, -0.25) is 0 Å². The normalized spacial score (nSPS) is 31.5. The third-order valence-electron chi connectivity index (χ3n) is 6.66. The van der Waals surface area contributed by atoms with E-state index in [-0.39, 0.29) is 5.41 Å². The lowest BCUT2D eigenvalue weighted by molar-refractivity contribution is 0.137. The van der Waals surface area contributed by atoms with Crippen molar-refractivity contribution in [3.8, 4) is 0 Å². The van der Waals surface area contributed by atoms with Gasteiger partial charge in [-0.05, 0) is 95.4 Å². The summed E-state index contributed by atoms with van der Waals surface area (Å²) in [6.07, 6.45) is 10.1. The van der Waals surface area contributed by atoms with E-state index in [2.05, 4.69) is 70.0 Å². The standard InChI is InChI=1S/C25H22Br2O2/c1-23(2)18-10-15(26)6-5-13(18)8-21-20(23)11-17-19(25(21,4)29)9-14-7-16(27)12-24(3,28)22(14)17/h5-12,28-29H,1-4H3. The van der Waals surface area contributed by atoms with Crippen molar-refractivity contribution in [3.05, 3.63) is 96.0 Å². The number of fused-ring (bicyclic) bond motifs is 4. The number of allylic oxidation sites excluding steroid dienone is 4. The molecule has 5 rings (SSSR count). The van der Waals surface area contributed by atoms with Crippen LogP contribution >= 0.6 is 31.9 Å². The van der Waals surface area contributed by atoms with Gasteiger partial charge in [-0.15, -0.1) is 0 Å². The van der Waals surface area contributed by atoms with Gasteiger partial charge in [-0.25, -0.2) is 0 Å². The summed E-state index contributed by atoms with van der Waals surface area (Å²) in [4.78, 5) is 0. The van der Waals surface area contributed by atoms with Gasteiger partial charge in [-0.2, -0.15) is 0 Å². The topological polar surface area (TPSA) is 40.5 Å². The molecule has 0 fully saturated rings. The second-order valence-corrected chi connectivity index (χ2v) is 11.0. The van der Waals surface area contributed by atoms with E-state index in [1.165, 1.54) is 5.56 Å². The smallest absolute Gasteiger partial charge is 0.113 e. The van der Waals surface area contributed by atoms with E-state index in [1.807, 2.05) is 31.2 Å². The Bertz CT molecular complexity index is 1180. The quantitative estimate of drug-likeness (QED) is 0.445. The van der Waals surface area contributed by atoms with E-state index < -0.39 is 11.2 Å². The Morgan fingerprint density at radius 3 is 2.28 bits per heavy atom. The van der Waals surface area contributed by atoms with E-state index in [9.17, 15) is 10.2 Å². The van der Waals surface area contributed by atoms with Gasteiger partial charge in [0.05, 0.1) is 0 Å². The molecule has 148 valence electrons. The largest absolute Gasteiger partial charge is 0.381 e. The molecule has 0 aliphatic heterocycles. The molecule has 4 heteroatoms. The van der Waals surface area contributed by atoms with Crippen molar-refractivity contribution < 1.29 is 10.2 Å². The Labute approximate surface area is 188 Å². The summed E-state index contributed by atoms with van der Waals surface area (Å²) in [7, 11) is 0. The van der Waals surface area contributed by atoms with Crippen molar-refractivity contribution in [2.45, 2.75) is 44.3 Å². The first-order valence-corrected chi connectivity index (χ1v) is 11.3. The molecule has 0 spiro atoms. The highest BCUT2D eigenvalue weighted by Gasteiger charge is 2.49. The lowest BCUT2D eigenvalue weighted by atomic mass is 9.61. The van der Waals surface area contributed by atoms with E-state index >= 15 is 0 Å². The van der Waals surface area contributed by atoms with Crippen molar-refractivity contribution >= 4 is 37.9 Å². The van der Waals surface area contributed by atoms with E-state index in [1.54, 1.807) is 6.92 Å². The van der Waals surface area contributed by atoms with Gasteiger partial charge in [0.15, 0.2) is 0 Å². The van der Waals surface area contributed by atoms with Gasteiger partial charge in [-0.1, -0.05) is 51.8 Å². The molecule has 0 radical (unpaired) electrons. The summed E-state index contributed by atoms with van der Waals surface area (Å²) in [6.45, 7) is 8.08. The zero-order valence-electron chi connectivity index (χ0n) is 16.8. The summed E-state index contributed by atoms with van der Waals surface area (Å²) in [5.41, 5.74) is 5.44. The molecular weight excluding hydrogens is 492 g/mol. The Hall–Kier alpha value is -1.46. The first-order valence-electron chi connectivity index (χ1n) is 9.70. The molecule has 0 saturated heterocycles. The molecule has 0 heterocycles. The van der Waals surface area contributed by atoms with Crippen LogP contribution in [-0.4, -0.2) is 21.4 Å². The lowest BCUT2D eigenvalue weighted by Gasteiger charge is -2.45. The molecule has 0 saturated carbocycles. The third-order valence-corrected chi connectivity index (χ3v) is 7.61. The van der Waals surface area contributed by atoms with E-state index in [4.69, 9.17) is 0 Å². The average molecular weight is 514 g/mol. The van der Waals surface area contributed by atoms with Gasteiger partial charge < -0.3 is 10.2 Å². The SMILES string of the molecule is CC1(O)C=C(Br)C=C2C=C3C(=C21)C=C1C(=Cc2ccc(Br)cc2C1(C)C)C3(C)O. The Balaban J connectivity index is 1.84. The molecule has 1 aromatic carbocycles. The van der Waals surface area contributed by atoms with Crippen LogP contribution in [0.4, 0.5) is 0 Å². The first-order chi connectivity index (χ1) is 13.4. The van der Waals surface area contributed by atoms with Crippen LogP contribution in [0.5, 0.6) is 0 Å². The van der Waals surface area contributed by atoms with Crippen LogP contribution in [0, 0.1) is 0 Å². The molecule has 4 aliphatic carbocycles. The van der Waals surface area contributed by atoms with Gasteiger partial charge in [0.2, 0.25) is 0 Å². The summed E-state index contributed by atoms with van der Waals surface area (Å²) >= 11 is 7.12. The summed E-state index contributed by atoms with van der Waals surface area (Å²) in [5, 5.41) is 23.0. The second-order valence-electron chi connectivity index (χ2n) is 9.17. The van der Waals surface area contributed by atoms with Crippen LogP contribution in [-0.2, 0) is 5.41 Å². The van der Waals surface area contributed by atoms with Crippen LogP contribution in [0.25, 0.3) is 6.08 Å². The van der Waals surface area contributed by atoms with Crippen molar-refractivity contribution in [2.24, 2.45) is 0 Å². The zero-order chi connectivity index (χ0) is 20.9. The highest BCUT2D eigenvalue weighted by molar-refractivity contribution is 9.12. The molecule has 4 aliphatic rings. The van der Waals surface area contributed by atoms with Crippen molar-refractivity contribution in [1.29, 1.82) is 0 Å². The predicted molar refractivity (Wildman–Crippen MR) is 125 cm³/mol. The van der Waals surface area contributed by atoms with Crippen molar-refractivity contribution in [1.82, 2.24) is 0 Å². The summed E-state index contributed by atoms with van der Waals surface area (Å²) in [5.74, 6) is 0. The summed E-state index contributed by atoms with van der Waals surface area (Å²) in [6, 6.07) is 6.31. The number of rotatable bonds is 0. The number of benzene rings is 1. The van der Waals surface area contributed by atoms with Crippen LogP contribution in [0.1, 0.15) is 38.8 Å². The number of halogens is 2. The third kappa shape index (κ3) is 2.59. The molecule has 1 aromatic rings. The van der Waals surface area contributed by atoms with Crippen LogP contribution in [0.2, 0.25) is 0 Å². The number of hydrogen-bond acceptors (Lipinski definition) is 2. The number of hydrogen-bond donors (Lipinski definition) is 2. The van der Waals surface area contributed by atoms with Gasteiger partial charge in [0, 0.05) is 19.9 Å². The van der Waals surface area contributed by atoms with Crippen LogP contribution in [0.15, 0.2) is 84.9 Å². The fourth-order valence-corrected chi connectivity index (χ4v) is 6.27. The fraction of sp³-hybridized carbons (Fsp3) is 0.280. The summed E-state index contributed by atoms with van der Waals surface area (Å²) < 4.78 is 1.89. The molecule has 2 atom stereocenters. The van der Waals surface area contributed by atoms with Crippen molar-refractivity contribution in [3.63, 3.8) is 0 Å². The first kappa shape index (κ1) is 19.5. The molecule has 2 unspecified atom stereocenters. The average Bonchev–Trinajstić information content (AvgIpc) is 2.97. The minimum Gasteiger partial charge on any atom is -0.381 e. The molecule has 2 nitrogen and oxygen atoms in total. The molecule has 29 heavy (non-hydrogen) atoms. The molecule has 0 bridgehead atoms. The maximum atomic E-state index is 11.8. The Morgan fingerprint density at radius 2 is 1.55 bits per heavy atom. The van der Waals surface area contributed by atoms with Gasteiger partial charge in [0.25, 0.3) is 0 Å². The van der Waals surface area contributed by atoms with Crippen LogP contribution in [0.3, 0.4) is 0 Å². The highest BCUT2D eigenvalue weighted by Crippen LogP contribution is 2.56. The molecule has 2 N–H and O–H groups in total. The predicted octanol–water partition coefficient (Wildman–Crippen LogP) is 6.02. The highest BCUT2D eigenvalue weighted by atomic mass is 79.9. The number of aliphatic hydroxyl groups is 2. The Kier molecular flexibility index (Phi) is 3.91. The van der Waals surface area contributed by atoms with Crippen molar-refractivity contribution in [2.75, 3.05) is 0 Å². The Morgan fingerprint density at radius 1 is 0.828 bits per heavy atom. The fourth-order valence-electron chi connectivity index (χ4n) is 5.22. The van der Waals surface area contributed by atoms with Gasteiger partial charge in [0.1, 0.15) is 11.2 Å².